The predicted molar refractivity (Wildman–Crippen MR) is 93.7 cm³/mol. The molecule has 2 amide bonds. The Morgan fingerprint density at radius 2 is 2.22 bits per heavy atom. The third-order valence-electron chi connectivity index (χ3n) is 4.44. The van der Waals surface area contributed by atoms with E-state index in [0.717, 1.165) is 0 Å². The van der Waals surface area contributed by atoms with Gasteiger partial charge in [0.05, 0.1) is 12.5 Å². The van der Waals surface area contributed by atoms with Crippen LogP contribution in [0.15, 0.2) is 24.3 Å². The van der Waals surface area contributed by atoms with Gasteiger partial charge in [0.2, 0.25) is 11.8 Å². The minimum atomic E-state index is -0.615. The molecule has 0 saturated carbocycles. The molecular weight excluding hydrogens is 353 g/mol. The number of halogens is 1. The van der Waals surface area contributed by atoms with Crippen LogP contribution in [-0.2, 0) is 22.6 Å². The number of aromatic nitrogens is 4. The average molecular weight is 375 g/mol. The number of carbonyl (C=O) groups is 2. The van der Waals surface area contributed by atoms with Gasteiger partial charge in [0.1, 0.15) is 5.82 Å². The summed E-state index contributed by atoms with van der Waals surface area (Å²) in [7, 11) is 0. The molecule has 27 heavy (non-hydrogen) atoms. The molecule has 0 spiro atoms. The largest absolute Gasteiger partial charge is 0.356 e. The van der Waals surface area contributed by atoms with Crippen molar-refractivity contribution in [3.8, 4) is 0 Å². The molecule has 0 bridgehead atoms. The molecule has 0 aliphatic carbocycles. The van der Waals surface area contributed by atoms with E-state index in [1.807, 2.05) is 4.90 Å². The van der Waals surface area contributed by atoms with Crippen molar-refractivity contribution in [2.75, 3.05) is 19.6 Å². The van der Waals surface area contributed by atoms with E-state index in [1.165, 1.54) is 6.07 Å². The second-order valence-corrected chi connectivity index (χ2v) is 6.35. The van der Waals surface area contributed by atoms with Crippen LogP contribution >= 0.6 is 0 Å². The maximum absolute atomic E-state index is 13.9. The molecule has 3 rings (SSSR count). The fraction of sp³-hybridized carbons (Fsp3) is 0.471. The number of tetrazole rings is 1. The van der Waals surface area contributed by atoms with Crippen molar-refractivity contribution >= 4 is 11.8 Å². The molecule has 1 aliphatic rings. The molecule has 2 aromatic rings. The zero-order valence-electron chi connectivity index (χ0n) is 14.8. The van der Waals surface area contributed by atoms with Gasteiger partial charge in [-0.05, 0) is 12.5 Å². The molecule has 1 atom stereocenters. The summed E-state index contributed by atoms with van der Waals surface area (Å²) in [4.78, 5) is 26.3. The van der Waals surface area contributed by atoms with Crippen molar-refractivity contribution in [1.29, 1.82) is 0 Å². The first-order valence-electron chi connectivity index (χ1n) is 8.87. The Morgan fingerprint density at radius 3 is 3.00 bits per heavy atom. The highest BCUT2D eigenvalue weighted by Crippen LogP contribution is 2.16. The van der Waals surface area contributed by atoms with Crippen molar-refractivity contribution in [3.63, 3.8) is 0 Å². The van der Waals surface area contributed by atoms with Crippen LogP contribution in [0.2, 0.25) is 0 Å². The second-order valence-electron chi connectivity index (χ2n) is 6.35. The van der Waals surface area contributed by atoms with Gasteiger partial charge in [-0.15, -0.1) is 10.2 Å². The van der Waals surface area contributed by atoms with Crippen LogP contribution in [0, 0.1) is 5.82 Å². The summed E-state index contributed by atoms with van der Waals surface area (Å²) in [6.45, 7) is 1.79. The fourth-order valence-electron chi connectivity index (χ4n) is 3.03. The third-order valence-corrected chi connectivity index (χ3v) is 4.44. The van der Waals surface area contributed by atoms with Crippen LogP contribution in [-0.4, -0.2) is 63.0 Å². The van der Waals surface area contributed by atoms with Crippen LogP contribution in [0.5, 0.6) is 0 Å². The van der Waals surface area contributed by atoms with Crippen LogP contribution in [0.4, 0.5) is 4.39 Å². The number of hydrogen-bond donors (Lipinski definition) is 3. The molecule has 10 heteroatoms. The fourth-order valence-corrected chi connectivity index (χ4v) is 3.03. The molecule has 9 nitrogen and oxygen atoms in total. The number of rotatable bonds is 8. The lowest BCUT2D eigenvalue weighted by atomic mass is 10.1. The van der Waals surface area contributed by atoms with Gasteiger partial charge >= 0.3 is 0 Å². The van der Waals surface area contributed by atoms with E-state index in [2.05, 4.69) is 31.3 Å². The van der Waals surface area contributed by atoms with Crippen LogP contribution in [0.1, 0.15) is 24.2 Å². The van der Waals surface area contributed by atoms with Crippen molar-refractivity contribution in [1.82, 2.24) is 36.2 Å². The molecule has 1 aliphatic heterocycles. The summed E-state index contributed by atoms with van der Waals surface area (Å²) < 4.78 is 13.9. The summed E-state index contributed by atoms with van der Waals surface area (Å²) in [5.41, 5.74) is 0.512. The SMILES string of the molecule is O=C(C[C@H]1C(=O)NCCN1Cc1ccccc1F)NCCCc1nn[nH]n1. The molecule has 1 saturated heterocycles. The number of aromatic amines is 1. The molecule has 0 radical (unpaired) electrons. The smallest absolute Gasteiger partial charge is 0.237 e. The minimum Gasteiger partial charge on any atom is -0.356 e. The lowest BCUT2D eigenvalue weighted by Gasteiger charge is -2.34. The van der Waals surface area contributed by atoms with Crippen molar-refractivity contribution < 1.29 is 14.0 Å². The van der Waals surface area contributed by atoms with Gasteiger partial charge in [-0.25, -0.2) is 4.39 Å². The first-order valence-corrected chi connectivity index (χ1v) is 8.87. The second kappa shape index (κ2) is 9.17. The molecule has 3 N–H and O–H groups in total. The molecule has 1 fully saturated rings. The molecular formula is C17H22FN7O2. The highest BCUT2D eigenvalue weighted by molar-refractivity contribution is 5.88. The van der Waals surface area contributed by atoms with Crippen molar-refractivity contribution in [3.05, 3.63) is 41.5 Å². The molecule has 1 aromatic carbocycles. The van der Waals surface area contributed by atoms with Gasteiger partial charge < -0.3 is 10.6 Å². The number of carbonyl (C=O) groups excluding carboxylic acids is 2. The Hall–Kier alpha value is -2.88. The van der Waals surface area contributed by atoms with E-state index in [1.54, 1.807) is 18.2 Å². The lowest BCUT2D eigenvalue weighted by molar-refractivity contribution is -0.134. The summed E-state index contributed by atoms with van der Waals surface area (Å²) in [5, 5.41) is 19.1. The van der Waals surface area contributed by atoms with Gasteiger partial charge in [-0.1, -0.05) is 23.4 Å². The Morgan fingerprint density at radius 1 is 1.37 bits per heavy atom. The highest BCUT2D eigenvalue weighted by atomic mass is 19.1. The van der Waals surface area contributed by atoms with Crippen LogP contribution in [0.3, 0.4) is 0 Å². The number of H-pyrrole nitrogens is 1. The van der Waals surface area contributed by atoms with E-state index >= 15 is 0 Å². The predicted octanol–water partition coefficient (Wildman–Crippen LogP) is -0.222. The molecule has 2 heterocycles. The van der Waals surface area contributed by atoms with E-state index in [0.29, 0.717) is 43.9 Å². The van der Waals surface area contributed by atoms with E-state index in [9.17, 15) is 14.0 Å². The Bertz CT molecular complexity index is 768. The summed E-state index contributed by atoms with van der Waals surface area (Å²) in [6, 6.07) is 5.85. The monoisotopic (exact) mass is 375 g/mol. The Balaban J connectivity index is 1.51. The molecule has 1 aromatic heterocycles. The first-order chi connectivity index (χ1) is 13.1. The minimum absolute atomic E-state index is 0.0303. The Kier molecular flexibility index (Phi) is 6.42. The number of piperazine rings is 1. The maximum Gasteiger partial charge on any atom is 0.237 e. The molecule has 0 unspecified atom stereocenters. The van der Waals surface area contributed by atoms with Gasteiger partial charge in [0.25, 0.3) is 0 Å². The first kappa shape index (κ1) is 18.9. The van der Waals surface area contributed by atoms with Gasteiger partial charge in [0.15, 0.2) is 5.82 Å². The van der Waals surface area contributed by atoms with E-state index in [4.69, 9.17) is 0 Å². The van der Waals surface area contributed by atoms with Gasteiger partial charge in [0, 0.05) is 38.2 Å². The number of nitrogens with one attached hydrogen (secondary N) is 3. The summed E-state index contributed by atoms with van der Waals surface area (Å²) >= 11 is 0. The number of amides is 2. The summed E-state index contributed by atoms with van der Waals surface area (Å²) in [6.07, 6.45) is 1.30. The normalized spacial score (nSPS) is 17.5. The molecule has 144 valence electrons. The average Bonchev–Trinajstić information content (AvgIpc) is 3.17. The Labute approximate surface area is 155 Å². The van der Waals surface area contributed by atoms with Crippen molar-refractivity contribution in [2.45, 2.75) is 31.8 Å². The van der Waals surface area contributed by atoms with E-state index < -0.39 is 6.04 Å². The maximum atomic E-state index is 13.9. The quantitative estimate of drug-likeness (QED) is 0.550. The van der Waals surface area contributed by atoms with Gasteiger partial charge in [-0.3, -0.25) is 14.5 Å². The zero-order valence-corrected chi connectivity index (χ0v) is 14.8. The zero-order chi connectivity index (χ0) is 19.1. The number of hydrogen-bond acceptors (Lipinski definition) is 6. The standard InChI is InChI=1S/C17H22FN7O2/c18-13-5-2-1-4-12(13)11-25-9-8-20-17(27)14(25)10-16(26)19-7-3-6-15-21-23-24-22-15/h1-2,4-5,14H,3,6-11H2,(H,19,26)(H,20,27)(H,21,22,23,24)/t14-/m0/s1. The topological polar surface area (TPSA) is 116 Å². The number of benzene rings is 1. The summed E-state index contributed by atoms with van der Waals surface area (Å²) in [5.74, 6) is -0.150. The third kappa shape index (κ3) is 5.30. The van der Waals surface area contributed by atoms with E-state index in [-0.39, 0.29) is 30.6 Å². The number of nitrogens with zero attached hydrogens (tertiary/aromatic N) is 4. The lowest BCUT2D eigenvalue weighted by Crippen LogP contribution is -2.56. The number of aryl methyl sites for hydroxylation is 1. The van der Waals surface area contributed by atoms with Gasteiger partial charge in [-0.2, -0.15) is 5.21 Å². The van der Waals surface area contributed by atoms with Crippen LogP contribution < -0.4 is 10.6 Å². The van der Waals surface area contributed by atoms with Crippen molar-refractivity contribution in [2.24, 2.45) is 0 Å². The highest BCUT2D eigenvalue weighted by Gasteiger charge is 2.31. The van der Waals surface area contributed by atoms with Crippen LogP contribution in [0.25, 0.3) is 0 Å².